The lowest BCUT2D eigenvalue weighted by Crippen LogP contribution is -2.03. The molecule has 0 spiro atoms. The lowest BCUT2D eigenvalue weighted by molar-refractivity contribution is 0.104. The minimum atomic E-state index is 0.0244. The zero-order valence-electron chi connectivity index (χ0n) is 15.6. The molecule has 0 fully saturated rings. The molecule has 28 heavy (non-hydrogen) atoms. The molecule has 0 atom stereocenters. The maximum absolute atomic E-state index is 13.3. The Morgan fingerprint density at radius 2 is 1.25 bits per heavy atom. The first-order valence-corrected chi connectivity index (χ1v) is 9.23. The number of carbonyl (C=O) groups excluding carboxylic acids is 1. The first-order valence-electron chi connectivity index (χ1n) is 9.23. The van der Waals surface area contributed by atoms with Crippen LogP contribution in [0.1, 0.15) is 27.0 Å². The number of hydrogen-bond acceptors (Lipinski definition) is 1. The minimum Gasteiger partial charge on any atom is -0.289 e. The summed E-state index contributed by atoms with van der Waals surface area (Å²) in [6.07, 6.45) is 3.60. The molecule has 4 aromatic carbocycles. The van der Waals surface area contributed by atoms with E-state index in [0.717, 1.165) is 33.0 Å². The van der Waals surface area contributed by atoms with E-state index in [-0.39, 0.29) is 5.78 Å². The van der Waals surface area contributed by atoms with Gasteiger partial charge in [0, 0.05) is 16.5 Å². The van der Waals surface area contributed by atoms with Gasteiger partial charge in [-0.25, -0.2) is 0 Å². The maximum atomic E-state index is 13.3. The van der Waals surface area contributed by atoms with Gasteiger partial charge in [0.2, 0.25) is 0 Å². The van der Waals surface area contributed by atoms with Crippen molar-refractivity contribution in [3.05, 3.63) is 120 Å². The van der Waals surface area contributed by atoms with Gasteiger partial charge in [-0.15, -0.1) is 0 Å². The first kappa shape index (κ1) is 17.7. The molecule has 0 heterocycles. The molecule has 0 aliphatic rings. The summed E-state index contributed by atoms with van der Waals surface area (Å²) in [7, 11) is 0. The van der Waals surface area contributed by atoms with Gasteiger partial charge in [-0.3, -0.25) is 4.79 Å². The van der Waals surface area contributed by atoms with Crippen LogP contribution in [0.4, 0.5) is 0 Å². The third-order valence-electron chi connectivity index (χ3n) is 5.02. The molecule has 1 heteroatoms. The number of benzene rings is 4. The molecule has 0 bridgehead atoms. The standard InChI is InChI=1S/C27H20O/c1-3-19-11-15-21(16-12-19)24-9-5-7-22-8-6-10-25(26(22)24)27(28)23-17-13-20(4-2)14-18-23/h3-18H,1-2H2. The first-order chi connectivity index (χ1) is 13.7. The Morgan fingerprint density at radius 3 is 1.86 bits per heavy atom. The van der Waals surface area contributed by atoms with Crippen molar-refractivity contribution in [1.82, 2.24) is 0 Å². The topological polar surface area (TPSA) is 17.1 Å². The SMILES string of the molecule is C=Cc1ccc(C(=O)c2cccc3cccc(-c4ccc(C=C)cc4)c23)cc1. The van der Waals surface area contributed by atoms with Crippen molar-refractivity contribution < 1.29 is 4.79 Å². The second kappa shape index (κ2) is 7.50. The highest BCUT2D eigenvalue weighted by Crippen LogP contribution is 2.32. The summed E-state index contributed by atoms with van der Waals surface area (Å²) in [4.78, 5) is 13.3. The van der Waals surface area contributed by atoms with Crippen molar-refractivity contribution in [3.8, 4) is 11.1 Å². The van der Waals surface area contributed by atoms with Gasteiger partial charge in [0.25, 0.3) is 0 Å². The van der Waals surface area contributed by atoms with Crippen LogP contribution in [0.5, 0.6) is 0 Å². The Kier molecular flexibility index (Phi) is 4.74. The predicted molar refractivity (Wildman–Crippen MR) is 119 cm³/mol. The summed E-state index contributed by atoms with van der Waals surface area (Å²) in [6.45, 7) is 7.59. The fraction of sp³-hybridized carbons (Fsp3) is 0. The van der Waals surface area contributed by atoms with Crippen LogP contribution in [0.15, 0.2) is 98.1 Å². The van der Waals surface area contributed by atoms with Gasteiger partial charge in [-0.1, -0.05) is 110 Å². The van der Waals surface area contributed by atoms with Crippen molar-refractivity contribution in [3.63, 3.8) is 0 Å². The van der Waals surface area contributed by atoms with Gasteiger partial charge < -0.3 is 0 Å². The number of carbonyl (C=O) groups is 1. The molecule has 0 aliphatic carbocycles. The van der Waals surface area contributed by atoms with E-state index in [2.05, 4.69) is 43.5 Å². The second-order valence-corrected chi connectivity index (χ2v) is 6.69. The molecule has 0 N–H and O–H groups in total. The van der Waals surface area contributed by atoms with E-state index in [9.17, 15) is 4.79 Å². The fourth-order valence-corrected chi connectivity index (χ4v) is 3.50. The van der Waals surface area contributed by atoms with Crippen LogP contribution in [-0.2, 0) is 0 Å². The van der Waals surface area contributed by atoms with Gasteiger partial charge in [0.15, 0.2) is 5.78 Å². The molecule has 0 aliphatic heterocycles. The summed E-state index contributed by atoms with van der Waals surface area (Å²) in [5.74, 6) is 0.0244. The predicted octanol–water partition coefficient (Wildman–Crippen LogP) is 7.02. The zero-order valence-corrected chi connectivity index (χ0v) is 15.6. The summed E-state index contributed by atoms with van der Waals surface area (Å²) < 4.78 is 0. The lowest BCUT2D eigenvalue weighted by Gasteiger charge is -2.12. The van der Waals surface area contributed by atoms with E-state index < -0.39 is 0 Å². The van der Waals surface area contributed by atoms with E-state index in [1.807, 2.05) is 60.7 Å². The number of ketones is 1. The van der Waals surface area contributed by atoms with Crippen molar-refractivity contribution in [2.24, 2.45) is 0 Å². The number of hydrogen-bond donors (Lipinski definition) is 0. The monoisotopic (exact) mass is 360 g/mol. The Morgan fingerprint density at radius 1 is 0.679 bits per heavy atom. The van der Waals surface area contributed by atoms with E-state index >= 15 is 0 Å². The Hall–Kier alpha value is -3.71. The third-order valence-corrected chi connectivity index (χ3v) is 5.02. The Balaban J connectivity index is 1.89. The molecule has 0 radical (unpaired) electrons. The van der Waals surface area contributed by atoms with Crippen LogP contribution in [0.2, 0.25) is 0 Å². The van der Waals surface area contributed by atoms with Crippen LogP contribution < -0.4 is 0 Å². The smallest absolute Gasteiger partial charge is 0.193 e. The molecule has 1 nitrogen and oxygen atoms in total. The zero-order chi connectivity index (χ0) is 19.5. The summed E-state index contributed by atoms with van der Waals surface area (Å²) in [5.41, 5.74) is 5.60. The quantitative estimate of drug-likeness (QED) is 0.349. The normalized spacial score (nSPS) is 10.6. The molecule has 0 saturated carbocycles. The van der Waals surface area contributed by atoms with E-state index in [4.69, 9.17) is 0 Å². The van der Waals surface area contributed by atoms with Crippen molar-refractivity contribution in [2.45, 2.75) is 0 Å². The minimum absolute atomic E-state index is 0.0244. The Bertz CT molecular complexity index is 1170. The molecule has 0 unspecified atom stereocenters. The highest BCUT2D eigenvalue weighted by Gasteiger charge is 2.15. The van der Waals surface area contributed by atoms with E-state index in [1.165, 1.54) is 0 Å². The van der Waals surface area contributed by atoms with E-state index in [0.29, 0.717) is 11.1 Å². The largest absolute Gasteiger partial charge is 0.289 e. The van der Waals surface area contributed by atoms with Crippen LogP contribution in [0.25, 0.3) is 34.1 Å². The van der Waals surface area contributed by atoms with Crippen LogP contribution in [0.3, 0.4) is 0 Å². The molecule has 0 saturated heterocycles. The molecule has 4 aromatic rings. The van der Waals surface area contributed by atoms with Crippen molar-refractivity contribution >= 4 is 28.7 Å². The highest BCUT2D eigenvalue weighted by atomic mass is 16.1. The molecular weight excluding hydrogens is 340 g/mol. The maximum Gasteiger partial charge on any atom is 0.193 e. The van der Waals surface area contributed by atoms with Crippen LogP contribution >= 0.6 is 0 Å². The summed E-state index contributed by atoms with van der Waals surface area (Å²) >= 11 is 0. The second-order valence-electron chi connectivity index (χ2n) is 6.69. The van der Waals surface area contributed by atoms with E-state index in [1.54, 1.807) is 6.08 Å². The lowest BCUT2D eigenvalue weighted by atomic mass is 9.91. The average molecular weight is 360 g/mol. The van der Waals surface area contributed by atoms with Crippen molar-refractivity contribution in [1.29, 1.82) is 0 Å². The molecule has 0 aromatic heterocycles. The van der Waals surface area contributed by atoms with Gasteiger partial charge in [0.1, 0.15) is 0 Å². The highest BCUT2D eigenvalue weighted by molar-refractivity contribution is 6.19. The Labute approximate surface area is 165 Å². The number of fused-ring (bicyclic) bond motifs is 1. The van der Waals surface area contributed by atoms with Crippen molar-refractivity contribution in [2.75, 3.05) is 0 Å². The van der Waals surface area contributed by atoms with Gasteiger partial charge >= 0.3 is 0 Å². The number of rotatable bonds is 5. The molecule has 134 valence electrons. The molecule has 0 amide bonds. The fourth-order valence-electron chi connectivity index (χ4n) is 3.50. The van der Waals surface area contributed by atoms with Crippen LogP contribution in [-0.4, -0.2) is 5.78 Å². The third kappa shape index (κ3) is 3.19. The summed E-state index contributed by atoms with van der Waals surface area (Å²) in [5, 5.41) is 2.04. The van der Waals surface area contributed by atoms with Gasteiger partial charge in [-0.2, -0.15) is 0 Å². The van der Waals surface area contributed by atoms with Crippen LogP contribution in [0, 0.1) is 0 Å². The summed E-state index contributed by atoms with van der Waals surface area (Å²) in [6, 6.07) is 27.8. The molecule has 4 rings (SSSR count). The van der Waals surface area contributed by atoms with Gasteiger partial charge in [0.05, 0.1) is 0 Å². The average Bonchev–Trinajstić information content (AvgIpc) is 2.78. The van der Waals surface area contributed by atoms with Gasteiger partial charge in [-0.05, 0) is 27.6 Å². The molecular formula is C27H20O.